The normalized spacial score (nSPS) is 10.7. The largest absolute Gasteiger partial charge is 0.465 e. The van der Waals surface area contributed by atoms with Crippen molar-refractivity contribution in [2.24, 2.45) is 0 Å². The Morgan fingerprint density at radius 2 is 2.22 bits per heavy atom. The maximum atomic E-state index is 11.6. The minimum absolute atomic E-state index is 0.371. The summed E-state index contributed by atoms with van der Waals surface area (Å²) in [6, 6.07) is 9.37. The summed E-state index contributed by atoms with van der Waals surface area (Å²) in [5, 5.41) is 1.99. The SMILES string of the molecule is COC(=O)c1cccc2[nH]c(-c3cccs3)nc12. The lowest BCUT2D eigenvalue weighted by Gasteiger charge is -1.98. The predicted octanol–water partition coefficient (Wildman–Crippen LogP) is 3.08. The summed E-state index contributed by atoms with van der Waals surface area (Å²) in [4.78, 5) is 20.4. The summed E-state index contributed by atoms with van der Waals surface area (Å²) in [5.41, 5.74) is 1.96. The molecule has 0 aliphatic heterocycles. The van der Waals surface area contributed by atoms with Crippen LogP contribution in [0.1, 0.15) is 10.4 Å². The van der Waals surface area contributed by atoms with Crippen LogP contribution in [0.2, 0.25) is 0 Å². The third-order valence-corrected chi connectivity index (χ3v) is 3.55. The van der Waals surface area contributed by atoms with E-state index in [1.807, 2.05) is 29.6 Å². The number of aromatic nitrogens is 2. The van der Waals surface area contributed by atoms with E-state index in [0.717, 1.165) is 16.2 Å². The molecule has 0 amide bonds. The molecule has 0 bridgehead atoms. The number of thiophene rings is 1. The van der Waals surface area contributed by atoms with E-state index in [2.05, 4.69) is 9.97 Å². The summed E-state index contributed by atoms with van der Waals surface area (Å²) in [7, 11) is 1.37. The first kappa shape index (κ1) is 11.0. The lowest BCUT2D eigenvalue weighted by molar-refractivity contribution is 0.0603. The number of ether oxygens (including phenoxy) is 1. The van der Waals surface area contributed by atoms with Gasteiger partial charge in [0, 0.05) is 0 Å². The van der Waals surface area contributed by atoms with Crippen molar-refractivity contribution in [1.29, 1.82) is 0 Å². The molecule has 0 unspecified atom stereocenters. The van der Waals surface area contributed by atoms with Crippen molar-refractivity contribution in [2.45, 2.75) is 0 Å². The van der Waals surface area contributed by atoms with Crippen LogP contribution in [0.15, 0.2) is 35.7 Å². The fourth-order valence-corrected chi connectivity index (χ4v) is 2.51. The molecule has 18 heavy (non-hydrogen) atoms. The Hall–Kier alpha value is -2.14. The molecule has 3 aromatic rings. The number of para-hydroxylation sites is 1. The number of esters is 1. The Balaban J connectivity index is 2.20. The first-order chi connectivity index (χ1) is 8.79. The second-order valence-electron chi connectivity index (χ2n) is 3.76. The van der Waals surface area contributed by atoms with Gasteiger partial charge in [-0.15, -0.1) is 11.3 Å². The average molecular weight is 258 g/mol. The number of hydrogen-bond acceptors (Lipinski definition) is 4. The van der Waals surface area contributed by atoms with Crippen LogP contribution >= 0.6 is 11.3 Å². The molecule has 3 rings (SSSR count). The van der Waals surface area contributed by atoms with E-state index < -0.39 is 0 Å². The molecule has 1 N–H and O–H groups in total. The minimum Gasteiger partial charge on any atom is -0.465 e. The van der Waals surface area contributed by atoms with Crippen LogP contribution in [0.4, 0.5) is 0 Å². The molecular weight excluding hydrogens is 248 g/mol. The monoisotopic (exact) mass is 258 g/mol. The highest BCUT2D eigenvalue weighted by Gasteiger charge is 2.14. The first-order valence-electron chi connectivity index (χ1n) is 5.40. The van der Waals surface area contributed by atoms with Gasteiger partial charge in [0.15, 0.2) is 0 Å². The number of benzene rings is 1. The van der Waals surface area contributed by atoms with Crippen molar-refractivity contribution in [2.75, 3.05) is 7.11 Å². The number of H-pyrrole nitrogens is 1. The molecule has 0 saturated heterocycles. The van der Waals surface area contributed by atoms with Gasteiger partial charge in [0.05, 0.1) is 23.1 Å². The Morgan fingerprint density at radius 1 is 1.33 bits per heavy atom. The Kier molecular flexibility index (Phi) is 2.60. The molecule has 2 heterocycles. The molecule has 4 nitrogen and oxygen atoms in total. The number of methoxy groups -OCH3 is 1. The van der Waals surface area contributed by atoms with Crippen LogP contribution in [0.25, 0.3) is 21.7 Å². The summed E-state index contributed by atoms with van der Waals surface area (Å²) in [5.74, 6) is 0.404. The second kappa shape index (κ2) is 4.27. The topological polar surface area (TPSA) is 55.0 Å². The maximum absolute atomic E-state index is 11.6. The molecule has 1 aromatic carbocycles. The zero-order chi connectivity index (χ0) is 12.5. The van der Waals surface area contributed by atoms with E-state index in [-0.39, 0.29) is 5.97 Å². The van der Waals surface area contributed by atoms with Crippen LogP contribution in [-0.2, 0) is 4.74 Å². The number of imidazole rings is 1. The maximum Gasteiger partial charge on any atom is 0.340 e. The fraction of sp³-hybridized carbons (Fsp3) is 0.0769. The Labute approximate surface area is 107 Å². The van der Waals surface area contributed by atoms with Crippen molar-refractivity contribution in [3.8, 4) is 10.7 Å². The smallest absolute Gasteiger partial charge is 0.340 e. The van der Waals surface area contributed by atoms with Crippen LogP contribution in [0, 0.1) is 0 Å². The van der Waals surface area contributed by atoms with Crippen molar-refractivity contribution in [1.82, 2.24) is 9.97 Å². The lowest BCUT2D eigenvalue weighted by Crippen LogP contribution is -2.01. The summed E-state index contributed by atoms with van der Waals surface area (Å²) in [6.07, 6.45) is 0. The van der Waals surface area contributed by atoms with E-state index in [4.69, 9.17) is 4.74 Å². The predicted molar refractivity (Wildman–Crippen MR) is 70.7 cm³/mol. The highest BCUT2D eigenvalue weighted by Crippen LogP contribution is 2.26. The molecule has 0 aliphatic rings. The molecule has 0 fully saturated rings. The number of carbonyl (C=O) groups excluding carboxylic acids is 1. The van der Waals surface area contributed by atoms with Gasteiger partial charge in [0.25, 0.3) is 0 Å². The lowest BCUT2D eigenvalue weighted by atomic mass is 10.2. The number of nitrogens with one attached hydrogen (secondary N) is 1. The van der Waals surface area contributed by atoms with Crippen LogP contribution in [0.3, 0.4) is 0 Å². The van der Waals surface area contributed by atoms with Gasteiger partial charge >= 0.3 is 5.97 Å². The van der Waals surface area contributed by atoms with Gasteiger partial charge in [-0.2, -0.15) is 0 Å². The molecular formula is C13H10N2O2S. The standard InChI is InChI=1S/C13H10N2O2S/c1-17-13(16)8-4-2-5-9-11(8)15-12(14-9)10-6-3-7-18-10/h2-7H,1H3,(H,14,15). The number of nitrogens with zero attached hydrogens (tertiary/aromatic N) is 1. The van der Waals surface area contributed by atoms with E-state index >= 15 is 0 Å². The molecule has 0 aliphatic carbocycles. The fourth-order valence-electron chi connectivity index (χ4n) is 1.84. The quantitative estimate of drug-likeness (QED) is 0.719. The van der Waals surface area contributed by atoms with Crippen LogP contribution in [-0.4, -0.2) is 23.0 Å². The van der Waals surface area contributed by atoms with Crippen molar-refractivity contribution in [3.05, 3.63) is 41.3 Å². The van der Waals surface area contributed by atoms with Crippen LogP contribution < -0.4 is 0 Å². The summed E-state index contributed by atoms with van der Waals surface area (Å²) < 4.78 is 4.75. The van der Waals surface area contributed by atoms with Crippen molar-refractivity contribution < 1.29 is 9.53 Å². The molecule has 0 saturated carbocycles. The van der Waals surface area contributed by atoms with Crippen molar-refractivity contribution in [3.63, 3.8) is 0 Å². The highest BCUT2D eigenvalue weighted by molar-refractivity contribution is 7.13. The zero-order valence-electron chi connectivity index (χ0n) is 9.64. The third-order valence-electron chi connectivity index (χ3n) is 2.67. The number of carbonyl (C=O) groups is 1. The Morgan fingerprint density at radius 3 is 2.94 bits per heavy atom. The van der Waals surface area contributed by atoms with E-state index in [1.165, 1.54) is 7.11 Å². The molecule has 0 atom stereocenters. The van der Waals surface area contributed by atoms with E-state index in [9.17, 15) is 4.79 Å². The first-order valence-corrected chi connectivity index (χ1v) is 6.28. The van der Waals surface area contributed by atoms with Crippen molar-refractivity contribution >= 4 is 28.3 Å². The van der Waals surface area contributed by atoms with Crippen LogP contribution in [0.5, 0.6) is 0 Å². The number of rotatable bonds is 2. The number of fused-ring (bicyclic) bond motifs is 1. The van der Waals surface area contributed by atoms with E-state index in [1.54, 1.807) is 17.4 Å². The summed E-state index contributed by atoms with van der Waals surface area (Å²) >= 11 is 1.60. The third kappa shape index (κ3) is 1.69. The van der Waals surface area contributed by atoms with Gasteiger partial charge in [-0.25, -0.2) is 9.78 Å². The van der Waals surface area contributed by atoms with Gasteiger partial charge in [-0.3, -0.25) is 0 Å². The van der Waals surface area contributed by atoms with Gasteiger partial charge < -0.3 is 9.72 Å². The zero-order valence-corrected chi connectivity index (χ0v) is 10.5. The van der Waals surface area contributed by atoms with Gasteiger partial charge in [0.2, 0.25) is 0 Å². The van der Waals surface area contributed by atoms with Gasteiger partial charge in [-0.05, 0) is 23.6 Å². The highest BCUT2D eigenvalue weighted by atomic mass is 32.1. The molecule has 90 valence electrons. The number of hydrogen-bond donors (Lipinski definition) is 1. The second-order valence-corrected chi connectivity index (χ2v) is 4.70. The van der Waals surface area contributed by atoms with E-state index in [0.29, 0.717) is 11.1 Å². The average Bonchev–Trinajstić information content (AvgIpc) is 3.04. The molecule has 2 aromatic heterocycles. The molecule has 0 spiro atoms. The molecule has 5 heteroatoms. The number of aromatic amines is 1. The summed E-state index contributed by atoms with van der Waals surface area (Å²) in [6.45, 7) is 0. The van der Waals surface area contributed by atoms with Gasteiger partial charge in [-0.1, -0.05) is 12.1 Å². The van der Waals surface area contributed by atoms with Gasteiger partial charge in [0.1, 0.15) is 11.3 Å². The molecule has 0 radical (unpaired) electrons. The Bertz CT molecular complexity index is 701. The minimum atomic E-state index is -0.371.